The maximum Gasteiger partial charge on any atom is 0.294 e. The molecule has 5 nitrogen and oxygen atoms in total. The lowest BCUT2D eigenvalue weighted by atomic mass is 10.2. The molecule has 0 radical (unpaired) electrons. The van der Waals surface area contributed by atoms with E-state index in [0.717, 1.165) is 21.1 Å². The van der Waals surface area contributed by atoms with E-state index in [2.05, 4.69) is 21.2 Å². The van der Waals surface area contributed by atoms with E-state index in [1.165, 1.54) is 6.08 Å². The number of carbonyl (C=O) groups excluding carboxylic acids is 3. The molecule has 0 aliphatic carbocycles. The van der Waals surface area contributed by atoms with Crippen LogP contribution in [0.4, 0.5) is 10.5 Å². The van der Waals surface area contributed by atoms with Crippen LogP contribution >= 0.6 is 50.9 Å². The van der Waals surface area contributed by atoms with Crippen molar-refractivity contribution in [1.29, 1.82) is 0 Å². The van der Waals surface area contributed by atoms with Crippen LogP contribution < -0.4 is 5.32 Å². The van der Waals surface area contributed by atoms with E-state index >= 15 is 0 Å². The van der Waals surface area contributed by atoms with Gasteiger partial charge >= 0.3 is 0 Å². The molecule has 2 aromatic carbocycles. The zero-order chi connectivity index (χ0) is 19.6. The minimum atomic E-state index is -0.540. The van der Waals surface area contributed by atoms with Gasteiger partial charge in [-0.25, -0.2) is 0 Å². The summed E-state index contributed by atoms with van der Waals surface area (Å²) >= 11 is 16.0. The Labute approximate surface area is 177 Å². The van der Waals surface area contributed by atoms with Gasteiger partial charge in [0.1, 0.15) is 6.54 Å². The highest BCUT2D eigenvalue weighted by Crippen LogP contribution is 2.34. The highest BCUT2D eigenvalue weighted by Gasteiger charge is 2.36. The third-order valence-corrected chi connectivity index (χ3v) is 5.55. The van der Waals surface area contributed by atoms with E-state index < -0.39 is 17.1 Å². The van der Waals surface area contributed by atoms with Gasteiger partial charge in [0.05, 0.1) is 4.91 Å². The number of amides is 3. The number of thioether (sulfide) groups is 1. The van der Waals surface area contributed by atoms with Gasteiger partial charge in [-0.3, -0.25) is 19.3 Å². The van der Waals surface area contributed by atoms with Gasteiger partial charge in [-0.15, -0.1) is 0 Å². The average Bonchev–Trinajstić information content (AvgIpc) is 2.87. The Balaban J connectivity index is 1.71. The van der Waals surface area contributed by atoms with Crippen LogP contribution in [0.15, 0.2) is 51.8 Å². The second-order valence-corrected chi connectivity index (χ2v) is 8.24. The minimum absolute atomic E-state index is 0.195. The first-order valence-corrected chi connectivity index (χ1v) is 9.96. The van der Waals surface area contributed by atoms with E-state index in [9.17, 15) is 14.4 Å². The van der Waals surface area contributed by atoms with Crippen molar-refractivity contribution in [2.45, 2.75) is 0 Å². The molecule has 1 fully saturated rings. The number of carbonyl (C=O) groups is 3. The maximum atomic E-state index is 12.5. The molecule has 1 N–H and O–H groups in total. The Hall–Kier alpha value is -1.80. The Kier molecular flexibility index (Phi) is 6.26. The molecule has 0 atom stereocenters. The third kappa shape index (κ3) is 4.93. The van der Waals surface area contributed by atoms with Crippen LogP contribution in [0.5, 0.6) is 0 Å². The molecule has 138 valence electrons. The fourth-order valence-electron chi connectivity index (χ4n) is 2.27. The number of nitrogens with one attached hydrogen (secondary N) is 1. The van der Waals surface area contributed by atoms with E-state index in [1.807, 2.05) is 0 Å². The van der Waals surface area contributed by atoms with E-state index in [0.29, 0.717) is 21.3 Å². The first-order valence-electron chi connectivity index (χ1n) is 7.59. The van der Waals surface area contributed by atoms with E-state index in [4.69, 9.17) is 23.2 Å². The van der Waals surface area contributed by atoms with Crippen molar-refractivity contribution in [2.75, 3.05) is 11.9 Å². The van der Waals surface area contributed by atoms with Gasteiger partial charge in [-0.2, -0.15) is 0 Å². The van der Waals surface area contributed by atoms with Gasteiger partial charge in [0.15, 0.2) is 0 Å². The number of hydrogen-bond donors (Lipinski definition) is 1. The van der Waals surface area contributed by atoms with Crippen LogP contribution in [-0.2, 0) is 9.59 Å². The van der Waals surface area contributed by atoms with Crippen molar-refractivity contribution in [1.82, 2.24) is 4.90 Å². The largest absolute Gasteiger partial charge is 0.325 e. The molecule has 3 amide bonds. The Morgan fingerprint density at radius 3 is 2.52 bits per heavy atom. The van der Waals surface area contributed by atoms with Gasteiger partial charge < -0.3 is 5.32 Å². The zero-order valence-electron chi connectivity index (χ0n) is 13.5. The lowest BCUT2D eigenvalue weighted by Crippen LogP contribution is -2.36. The monoisotopic (exact) mass is 484 g/mol. The van der Waals surface area contributed by atoms with Gasteiger partial charge in [-0.1, -0.05) is 45.2 Å². The molecule has 2 aromatic rings. The molecule has 0 aromatic heterocycles. The molecule has 27 heavy (non-hydrogen) atoms. The molecule has 9 heteroatoms. The maximum absolute atomic E-state index is 12.5. The first-order chi connectivity index (χ1) is 12.8. The molecule has 0 unspecified atom stereocenters. The Morgan fingerprint density at radius 1 is 1.15 bits per heavy atom. The first kappa shape index (κ1) is 19.9. The second-order valence-electron chi connectivity index (χ2n) is 5.49. The third-order valence-electron chi connectivity index (χ3n) is 3.55. The molecule has 1 saturated heterocycles. The van der Waals surface area contributed by atoms with Crippen LogP contribution in [0.25, 0.3) is 6.08 Å². The average molecular weight is 486 g/mol. The lowest BCUT2D eigenvalue weighted by Gasteiger charge is -2.12. The fraction of sp³-hybridized carbons (Fsp3) is 0.0556. The van der Waals surface area contributed by atoms with Gasteiger partial charge in [0, 0.05) is 20.2 Å². The number of imide groups is 1. The van der Waals surface area contributed by atoms with Gasteiger partial charge in [0.25, 0.3) is 11.1 Å². The summed E-state index contributed by atoms with van der Waals surface area (Å²) in [5.74, 6) is -1.01. The van der Waals surface area contributed by atoms with Gasteiger partial charge in [-0.05, 0) is 59.8 Å². The van der Waals surface area contributed by atoms with Crippen molar-refractivity contribution in [2.24, 2.45) is 0 Å². The molecule has 3 rings (SSSR count). The lowest BCUT2D eigenvalue weighted by molar-refractivity contribution is -0.127. The Morgan fingerprint density at radius 2 is 1.85 bits per heavy atom. The van der Waals surface area contributed by atoms with E-state index in [-0.39, 0.29) is 11.4 Å². The number of nitrogens with zero attached hydrogens (tertiary/aromatic N) is 1. The smallest absolute Gasteiger partial charge is 0.294 e. The molecule has 0 bridgehead atoms. The molecular formula is C18H11BrCl2N2O3S. The fourth-order valence-corrected chi connectivity index (χ4v) is 3.83. The summed E-state index contributed by atoms with van der Waals surface area (Å²) in [5, 5.41) is 2.97. The van der Waals surface area contributed by atoms with Crippen LogP contribution in [0.2, 0.25) is 10.0 Å². The van der Waals surface area contributed by atoms with Gasteiger partial charge in [0.2, 0.25) is 5.91 Å². The molecule has 1 aliphatic heterocycles. The number of benzene rings is 2. The number of rotatable bonds is 4. The molecule has 1 aliphatic rings. The normalized spacial score (nSPS) is 15.5. The summed E-state index contributed by atoms with van der Waals surface area (Å²) in [6.07, 6.45) is 1.51. The van der Waals surface area contributed by atoms with Crippen LogP contribution in [0, 0.1) is 0 Å². The van der Waals surface area contributed by atoms with Crippen LogP contribution in [0.1, 0.15) is 5.56 Å². The number of halogens is 3. The SMILES string of the molecule is O=C(CN1C(=O)S/C(=C/c2ccc(Cl)cc2Cl)C1=O)Nc1ccc(Br)cc1. The van der Waals surface area contributed by atoms with Crippen LogP contribution in [0.3, 0.4) is 0 Å². The highest BCUT2D eigenvalue weighted by molar-refractivity contribution is 9.10. The summed E-state index contributed by atoms with van der Waals surface area (Å²) in [7, 11) is 0. The topological polar surface area (TPSA) is 66.5 Å². The van der Waals surface area contributed by atoms with E-state index in [1.54, 1.807) is 42.5 Å². The standard InChI is InChI=1S/C18H11BrCl2N2O3S/c19-11-2-5-13(6-3-11)22-16(24)9-23-17(25)15(27-18(23)26)7-10-1-4-12(20)8-14(10)21/h1-8H,9H2,(H,22,24)/b15-7+. The van der Waals surface area contributed by atoms with Crippen molar-refractivity contribution < 1.29 is 14.4 Å². The summed E-state index contributed by atoms with van der Waals surface area (Å²) in [6.45, 7) is -0.369. The van der Waals surface area contributed by atoms with Crippen molar-refractivity contribution in [3.63, 3.8) is 0 Å². The number of hydrogen-bond acceptors (Lipinski definition) is 4. The molecule has 1 heterocycles. The van der Waals surface area contributed by atoms with Crippen molar-refractivity contribution >= 4 is 79.7 Å². The van der Waals surface area contributed by atoms with Crippen molar-refractivity contribution in [3.05, 3.63) is 67.5 Å². The number of anilines is 1. The predicted molar refractivity (Wildman–Crippen MR) is 112 cm³/mol. The summed E-state index contributed by atoms with van der Waals surface area (Å²) in [5.41, 5.74) is 1.13. The summed E-state index contributed by atoms with van der Waals surface area (Å²) in [6, 6.07) is 11.8. The summed E-state index contributed by atoms with van der Waals surface area (Å²) in [4.78, 5) is 37.9. The van der Waals surface area contributed by atoms with Crippen LogP contribution in [-0.4, -0.2) is 28.5 Å². The zero-order valence-corrected chi connectivity index (χ0v) is 17.5. The second kappa shape index (κ2) is 8.48. The highest BCUT2D eigenvalue weighted by atomic mass is 79.9. The molecule has 0 spiro atoms. The van der Waals surface area contributed by atoms with Crippen molar-refractivity contribution in [3.8, 4) is 0 Å². The quantitative estimate of drug-likeness (QED) is 0.586. The molecular weight excluding hydrogens is 475 g/mol. The Bertz CT molecular complexity index is 964. The summed E-state index contributed by atoms with van der Waals surface area (Å²) < 4.78 is 0.873. The minimum Gasteiger partial charge on any atom is -0.325 e. The predicted octanol–water partition coefficient (Wildman–Crippen LogP) is 5.43. The molecule has 0 saturated carbocycles.